The quantitative estimate of drug-likeness (QED) is 0.695. The fraction of sp³-hybridized carbons (Fsp3) is 0.333. The Morgan fingerprint density at radius 3 is 2.87 bits per heavy atom. The SMILES string of the molecule is c1cncc(CCCCn2ccnc2)c1. The average molecular weight is 201 g/mol. The largest absolute Gasteiger partial charge is 0.337 e. The standard InChI is InChI=1S/C12H15N3/c1(2-8-15-9-7-14-11-15)4-12-5-3-6-13-10-12/h3,5-7,9-11H,1-2,4,8H2. The second kappa shape index (κ2) is 5.29. The van der Waals surface area contributed by atoms with Gasteiger partial charge in [0, 0.05) is 31.3 Å². The molecule has 2 aromatic heterocycles. The summed E-state index contributed by atoms with van der Waals surface area (Å²) >= 11 is 0. The Bertz CT molecular complexity index is 367. The fourth-order valence-corrected chi connectivity index (χ4v) is 1.59. The lowest BCUT2D eigenvalue weighted by atomic mass is 10.1. The summed E-state index contributed by atoms with van der Waals surface area (Å²) in [5.41, 5.74) is 1.32. The number of hydrogen-bond donors (Lipinski definition) is 0. The molecule has 0 saturated carbocycles. The molecule has 2 rings (SSSR count). The summed E-state index contributed by atoms with van der Waals surface area (Å²) in [4.78, 5) is 8.11. The lowest BCUT2D eigenvalue weighted by molar-refractivity contribution is 0.608. The van der Waals surface area contributed by atoms with Crippen molar-refractivity contribution in [1.29, 1.82) is 0 Å². The topological polar surface area (TPSA) is 30.7 Å². The molecule has 0 spiro atoms. The molecule has 0 N–H and O–H groups in total. The molecule has 3 heteroatoms. The number of nitrogens with zero attached hydrogens (tertiary/aromatic N) is 3. The van der Waals surface area contributed by atoms with Crippen molar-refractivity contribution in [2.75, 3.05) is 0 Å². The molecule has 3 nitrogen and oxygen atoms in total. The highest BCUT2D eigenvalue weighted by Crippen LogP contribution is 2.04. The summed E-state index contributed by atoms with van der Waals surface area (Å²) in [7, 11) is 0. The van der Waals surface area contributed by atoms with Crippen molar-refractivity contribution in [3.8, 4) is 0 Å². The number of rotatable bonds is 5. The summed E-state index contributed by atoms with van der Waals surface area (Å²) in [6.07, 6.45) is 12.9. The van der Waals surface area contributed by atoms with E-state index in [9.17, 15) is 0 Å². The number of unbranched alkanes of at least 4 members (excludes halogenated alkanes) is 1. The molecule has 0 aliphatic carbocycles. The van der Waals surface area contributed by atoms with Gasteiger partial charge in [0.05, 0.1) is 6.33 Å². The Kier molecular flexibility index (Phi) is 3.49. The normalized spacial score (nSPS) is 10.4. The van der Waals surface area contributed by atoms with Crippen molar-refractivity contribution in [2.24, 2.45) is 0 Å². The van der Waals surface area contributed by atoms with E-state index >= 15 is 0 Å². The van der Waals surface area contributed by atoms with Crippen molar-refractivity contribution in [3.05, 3.63) is 48.8 Å². The molecule has 0 fully saturated rings. The van der Waals surface area contributed by atoms with Crippen LogP contribution >= 0.6 is 0 Å². The van der Waals surface area contributed by atoms with Gasteiger partial charge in [-0.2, -0.15) is 0 Å². The van der Waals surface area contributed by atoms with E-state index in [1.807, 2.05) is 37.2 Å². The molecule has 0 aliphatic heterocycles. The molecule has 0 atom stereocenters. The Balaban J connectivity index is 1.68. The van der Waals surface area contributed by atoms with Crippen LogP contribution in [0.5, 0.6) is 0 Å². The molecule has 0 aromatic carbocycles. The molecule has 15 heavy (non-hydrogen) atoms. The molecular formula is C12H15N3. The van der Waals surface area contributed by atoms with Crippen molar-refractivity contribution in [1.82, 2.24) is 14.5 Å². The van der Waals surface area contributed by atoms with Gasteiger partial charge in [0.25, 0.3) is 0 Å². The number of pyridine rings is 1. The first-order valence-corrected chi connectivity index (χ1v) is 5.30. The second-order valence-electron chi connectivity index (χ2n) is 3.62. The monoisotopic (exact) mass is 201 g/mol. The maximum absolute atomic E-state index is 4.10. The predicted molar refractivity (Wildman–Crippen MR) is 59.4 cm³/mol. The molecule has 2 heterocycles. The highest BCUT2D eigenvalue weighted by molar-refractivity contribution is 5.08. The predicted octanol–water partition coefficient (Wildman–Crippen LogP) is 2.30. The van der Waals surface area contributed by atoms with Gasteiger partial charge in [-0.25, -0.2) is 4.98 Å². The Labute approximate surface area is 89.8 Å². The summed E-state index contributed by atoms with van der Waals surface area (Å²) < 4.78 is 2.11. The molecule has 0 saturated heterocycles. The van der Waals surface area contributed by atoms with Crippen LogP contribution in [0.25, 0.3) is 0 Å². The van der Waals surface area contributed by atoms with Crippen molar-refractivity contribution in [3.63, 3.8) is 0 Å². The maximum Gasteiger partial charge on any atom is 0.0945 e. The van der Waals surface area contributed by atoms with E-state index in [2.05, 4.69) is 20.6 Å². The van der Waals surface area contributed by atoms with Gasteiger partial charge in [-0.1, -0.05) is 6.07 Å². The molecule has 0 aliphatic rings. The first-order valence-electron chi connectivity index (χ1n) is 5.30. The van der Waals surface area contributed by atoms with E-state index < -0.39 is 0 Å². The van der Waals surface area contributed by atoms with E-state index in [0.29, 0.717) is 0 Å². The Morgan fingerprint density at radius 2 is 2.13 bits per heavy atom. The van der Waals surface area contributed by atoms with Crippen molar-refractivity contribution in [2.45, 2.75) is 25.8 Å². The second-order valence-corrected chi connectivity index (χ2v) is 3.62. The van der Waals surface area contributed by atoms with Gasteiger partial charge in [-0.3, -0.25) is 4.98 Å². The summed E-state index contributed by atoms with van der Waals surface area (Å²) in [5.74, 6) is 0. The van der Waals surface area contributed by atoms with Crippen LogP contribution in [0.3, 0.4) is 0 Å². The number of aromatic nitrogens is 3. The summed E-state index contributed by atoms with van der Waals surface area (Å²) in [5, 5.41) is 0. The van der Waals surface area contributed by atoms with Gasteiger partial charge in [0.1, 0.15) is 0 Å². The zero-order valence-electron chi connectivity index (χ0n) is 8.71. The van der Waals surface area contributed by atoms with E-state index in [1.54, 1.807) is 0 Å². The Morgan fingerprint density at radius 1 is 1.13 bits per heavy atom. The van der Waals surface area contributed by atoms with Gasteiger partial charge >= 0.3 is 0 Å². The van der Waals surface area contributed by atoms with Crippen molar-refractivity contribution >= 4 is 0 Å². The molecule has 0 amide bonds. The van der Waals surface area contributed by atoms with Crippen LogP contribution in [0.4, 0.5) is 0 Å². The minimum absolute atomic E-state index is 1.06. The van der Waals surface area contributed by atoms with Crippen LogP contribution in [0.2, 0.25) is 0 Å². The fourth-order valence-electron chi connectivity index (χ4n) is 1.59. The number of hydrogen-bond acceptors (Lipinski definition) is 2. The van der Waals surface area contributed by atoms with Crippen molar-refractivity contribution < 1.29 is 0 Å². The van der Waals surface area contributed by atoms with E-state index in [4.69, 9.17) is 0 Å². The van der Waals surface area contributed by atoms with Crippen LogP contribution in [0.15, 0.2) is 43.2 Å². The highest BCUT2D eigenvalue weighted by atomic mass is 15.0. The van der Waals surface area contributed by atoms with Crippen LogP contribution < -0.4 is 0 Å². The summed E-state index contributed by atoms with van der Waals surface area (Å²) in [6, 6.07) is 4.12. The van der Waals surface area contributed by atoms with E-state index in [0.717, 1.165) is 13.0 Å². The van der Waals surface area contributed by atoms with E-state index in [-0.39, 0.29) is 0 Å². The van der Waals surface area contributed by atoms with Gasteiger partial charge in [-0.05, 0) is 30.9 Å². The number of aryl methyl sites for hydroxylation is 2. The van der Waals surface area contributed by atoms with Crippen LogP contribution in [0.1, 0.15) is 18.4 Å². The maximum atomic E-state index is 4.10. The lowest BCUT2D eigenvalue weighted by Crippen LogP contribution is -1.95. The molecular weight excluding hydrogens is 186 g/mol. The molecule has 0 bridgehead atoms. The van der Waals surface area contributed by atoms with Gasteiger partial charge < -0.3 is 4.57 Å². The lowest BCUT2D eigenvalue weighted by Gasteiger charge is -2.02. The third-order valence-electron chi connectivity index (χ3n) is 2.41. The summed E-state index contributed by atoms with van der Waals surface area (Å²) in [6.45, 7) is 1.06. The third-order valence-corrected chi connectivity index (χ3v) is 2.41. The van der Waals surface area contributed by atoms with E-state index in [1.165, 1.54) is 18.4 Å². The zero-order valence-corrected chi connectivity index (χ0v) is 8.71. The third kappa shape index (κ3) is 3.20. The van der Waals surface area contributed by atoms with Crippen LogP contribution in [0, 0.1) is 0 Å². The first kappa shape index (κ1) is 9.90. The number of imidazole rings is 1. The Hall–Kier alpha value is -1.64. The minimum Gasteiger partial charge on any atom is -0.337 e. The van der Waals surface area contributed by atoms with Gasteiger partial charge in [-0.15, -0.1) is 0 Å². The highest BCUT2D eigenvalue weighted by Gasteiger charge is 1.93. The van der Waals surface area contributed by atoms with Gasteiger partial charge in [0.15, 0.2) is 0 Å². The molecule has 2 aromatic rings. The molecule has 0 radical (unpaired) electrons. The van der Waals surface area contributed by atoms with Crippen LogP contribution in [-0.2, 0) is 13.0 Å². The van der Waals surface area contributed by atoms with Gasteiger partial charge in [0.2, 0.25) is 0 Å². The average Bonchev–Trinajstić information content (AvgIpc) is 2.79. The van der Waals surface area contributed by atoms with Crippen LogP contribution in [-0.4, -0.2) is 14.5 Å². The minimum atomic E-state index is 1.06. The zero-order chi connectivity index (χ0) is 10.3. The molecule has 0 unspecified atom stereocenters. The molecule has 78 valence electrons. The first-order chi connectivity index (χ1) is 7.45. The smallest absolute Gasteiger partial charge is 0.0945 e.